The molecule has 1 aromatic carbocycles. The van der Waals surface area contributed by atoms with Crippen molar-refractivity contribution in [2.75, 3.05) is 13.7 Å². The van der Waals surface area contributed by atoms with E-state index in [1.807, 2.05) is 32.9 Å². The van der Waals surface area contributed by atoms with E-state index < -0.39 is 138 Å². The SMILES string of the molecule is CCc1c(Cl)c(O)c(Cl)c(O)c1C(=O)O[C@H]1[C@H](O)[C@H](OC)[C@H](OC/C2=C\C=C\C[C@H](O)/C(C)=C/[C@H](CC)[C@@H](O[C@@H]3OC(C)(C)[C@@H](O)[C@H](OC(=O)C4CCCCC4)[C@@H]3O)/C(C)=C/C(C)=C/C[C@@H]([C@@H](C)O)OC2=O)O[C@@H]1C. The number of aromatic hydroxyl groups is 2. The second kappa shape index (κ2) is 27.6. The highest BCUT2D eigenvalue weighted by molar-refractivity contribution is 6.39. The lowest BCUT2D eigenvalue weighted by Crippen LogP contribution is -2.64. The Morgan fingerprint density at radius 3 is 2.20 bits per heavy atom. The number of phenols is 2. The Hall–Kier alpha value is -3.89. The van der Waals surface area contributed by atoms with Crippen LogP contribution < -0.4 is 0 Å². The molecule has 0 radical (unpaired) electrons. The number of aliphatic hydroxyl groups excluding tert-OH is 5. The number of ether oxygens (including phenoxy) is 8. The number of carbonyl (C=O) groups is 3. The first-order valence-electron chi connectivity index (χ1n) is 25.8. The standard InChI is InChI=1S/C55H78Cl2O18/c1-11-32-25-28(4)36(59)21-17-16-20-34(26-69-54-48(68-10)43(62)46(31(7)70-54)72-52(67)38-35(12-2)39(56)42(61)40(57)41(38)60)51(66)71-37(30(6)58)23-22-27(3)24-29(5)45(32)74-53-44(63)47(49(64)55(8,9)75-53)73-50(65)33-18-14-13-15-19-33/h16-17,20,22,24-25,30-33,36-37,43-49,53-54,58-64H,11-15,18-19,21,23,26H2,1-10H3/b17-16+,27-22+,28-25+,29-24+,34-20+/t30-,31-,32+,36+,37+,43+,44+,45+,46-,47-,48+,49+,53-,54-/m1/s1. The molecule has 18 nitrogen and oxygen atoms in total. The third-order valence-corrected chi connectivity index (χ3v) is 15.2. The van der Waals surface area contributed by atoms with Crippen molar-refractivity contribution in [2.45, 2.75) is 205 Å². The molecule has 0 spiro atoms. The number of hydrogen-bond donors (Lipinski definition) is 7. The average molecular weight is 1100 g/mol. The number of allylic oxidation sites excluding steroid dienone is 4. The lowest BCUT2D eigenvalue weighted by molar-refractivity contribution is -0.333. The van der Waals surface area contributed by atoms with Gasteiger partial charge in [-0.05, 0) is 103 Å². The summed E-state index contributed by atoms with van der Waals surface area (Å²) in [5, 5.41) is 77.1. The summed E-state index contributed by atoms with van der Waals surface area (Å²) in [5.74, 6) is -4.52. The van der Waals surface area contributed by atoms with Gasteiger partial charge in [0.05, 0.1) is 53.1 Å². The van der Waals surface area contributed by atoms with E-state index in [2.05, 4.69) is 0 Å². The fraction of sp³-hybridized carbons (Fsp3) is 0.655. The molecule has 0 aromatic heterocycles. The quantitative estimate of drug-likeness (QED) is 0.0587. The maximum atomic E-state index is 14.0. The third-order valence-electron chi connectivity index (χ3n) is 14.5. The molecule has 3 fully saturated rings. The monoisotopic (exact) mass is 1100 g/mol. The minimum Gasteiger partial charge on any atom is -0.505 e. The summed E-state index contributed by atoms with van der Waals surface area (Å²) >= 11 is 12.3. The van der Waals surface area contributed by atoms with Crippen LogP contribution in [0.2, 0.25) is 10.0 Å². The summed E-state index contributed by atoms with van der Waals surface area (Å²) < 4.78 is 48.0. The zero-order valence-electron chi connectivity index (χ0n) is 44.6. The molecule has 2 saturated heterocycles. The molecule has 420 valence electrons. The third kappa shape index (κ3) is 15.2. The van der Waals surface area contributed by atoms with Gasteiger partial charge in [-0.2, -0.15) is 0 Å². The lowest BCUT2D eigenvalue weighted by atomic mass is 9.87. The summed E-state index contributed by atoms with van der Waals surface area (Å²) in [6, 6.07) is 0. The van der Waals surface area contributed by atoms with Crippen LogP contribution in [0.4, 0.5) is 0 Å². The molecule has 5 rings (SSSR count). The molecule has 1 aliphatic carbocycles. The maximum Gasteiger partial charge on any atom is 0.342 e. The first kappa shape index (κ1) is 62.0. The van der Waals surface area contributed by atoms with E-state index in [0.29, 0.717) is 36.0 Å². The minimum absolute atomic E-state index is 0.0335. The van der Waals surface area contributed by atoms with Crippen LogP contribution in [0.15, 0.2) is 58.7 Å². The van der Waals surface area contributed by atoms with Gasteiger partial charge in [-0.3, -0.25) is 4.79 Å². The molecular formula is C55H78Cl2O18. The number of benzene rings is 1. The van der Waals surface area contributed by atoms with Gasteiger partial charge in [-0.15, -0.1) is 0 Å². The van der Waals surface area contributed by atoms with Crippen molar-refractivity contribution in [1.82, 2.24) is 0 Å². The molecule has 0 unspecified atom stereocenters. The van der Waals surface area contributed by atoms with Crippen molar-refractivity contribution in [2.24, 2.45) is 11.8 Å². The van der Waals surface area contributed by atoms with Crippen LogP contribution in [0.3, 0.4) is 0 Å². The largest absolute Gasteiger partial charge is 0.505 e. The van der Waals surface area contributed by atoms with Crippen LogP contribution in [-0.4, -0.2) is 153 Å². The van der Waals surface area contributed by atoms with Crippen molar-refractivity contribution in [3.63, 3.8) is 0 Å². The van der Waals surface area contributed by atoms with Gasteiger partial charge in [0.15, 0.2) is 36.3 Å². The molecule has 0 bridgehead atoms. The Labute approximate surface area is 449 Å². The number of esters is 3. The number of rotatable bonds is 13. The van der Waals surface area contributed by atoms with Gasteiger partial charge in [0.25, 0.3) is 0 Å². The summed E-state index contributed by atoms with van der Waals surface area (Å²) in [5.41, 5.74) is 0.335. The Balaban J connectivity index is 1.38. The van der Waals surface area contributed by atoms with Gasteiger partial charge in [-0.25, -0.2) is 9.59 Å². The molecule has 3 aliphatic heterocycles. The molecular weight excluding hydrogens is 1020 g/mol. The van der Waals surface area contributed by atoms with E-state index >= 15 is 0 Å². The predicted molar refractivity (Wildman–Crippen MR) is 277 cm³/mol. The highest BCUT2D eigenvalue weighted by Gasteiger charge is 2.53. The van der Waals surface area contributed by atoms with E-state index in [9.17, 15) is 50.1 Å². The van der Waals surface area contributed by atoms with Crippen molar-refractivity contribution >= 4 is 41.1 Å². The average Bonchev–Trinajstić information content (AvgIpc) is 3.37. The second-order valence-electron chi connectivity index (χ2n) is 20.5. The normalized spacial score (nSPS) is 35.3. The van der Waals surface area contributed by atoms with Crippen LogP contribution >= 0.6 is 23.2 Å². The summed E-state index contributed by atoms with van der Waals surface area (Å²) in [4.78, 5) is 40.9. The van der Waals surface area contributed by atoms with Crippen LogP contribution in [0, 0.1) is 11.8 Å². The highest BCUT2D eigenvalue weighted by atomic mass is 35.5. The second-order valence-corrected chi connectivity index (χ2v) is 21.3. The predicted octanol–water partition coefficient (Wildman–Crippen LogP) is 7.16. The Morgan fingerprint density at radius 2 is 1.57 bits per heavy atom. The molecule has 7 N–H and O–H groups in total. The van der Waals surface area contributed by atoms with E-state index in [1.165, 1.54) is 33.1 Å². The van der Waals surface area contributed by atoms with Crippen molar-refractivity contribution in [3.05, 3.63) is 79.9 Å². The Bertz CT molecular complexity index is 2300. The zero-order chi connectivity index (χ0) is 55.6. The van der Waals surface area contributed by atoms with Gasteiger partial charge in [0, 0.05) is 19.4 Å². The number of phenolic OH excluding ortho intramolecular Hbond substituents is 2. The zero-order valence-corrected chi connectivity index (χ0v) is 46.1. The fourth-order valence-corrected chi connectivity index (χ4v) is 10.4. The Morgan fingerprint density at radius 1 is 0.893 bits per heavy atom. The molecule has 0 amide bonds. The van der Waals surface area contributed by atoms with E-state index in [-0.39, 0.29) is 41.3 Å². The van der Waals surface area contributed by atoms with Gasteiger partial charge in [-0.1, -0.05) is 92.3 Å². The van der Waals surface area contributed by atoms with Crippen LogP contribution in [-0.2, 0) is 53.9 Å². The first-order chi connectivity index (χ1) is 35.4. The number of cyclic esters (lactones) is 1. The molecule has 1 aromatic rings. The van der Waals surface area contributed by atoms with Crippen LogP contribution in [0.1, 0.15) is 130 Å². The smallest absolute Gasteiger partial charge is 0.342 e. The lowest BCUT2D eigenvalue weighted by Gasteiger charge is -2.47. The van der Waals surface area contributed by atoms with Crippen molar-refractivity contribution in [3.8, 4) is 11.5 Å². The number of aliphatic hydroxyl groups is 5. The maximum absolute atomic E-state index is 14.0. The fourth-order valence-electron chi connectivity index (χ4n) is 9.82. The summed E-state index contributed by atoms with van der Waals surface area (Å²) in [6.45, 7) is 14.8. The van der Waals surface area contributed by atoms with E-state index in [1.54, 1.807) is 39.8 Å². The molecule has 14 atom stereocenters. The van der Waals surface area contributed by atoms with Crippen molar-refractivity contribution in [1.29, 1.82) is 0 Å². The molecule has 20 heteroatoms. The number of halogens is 2. The topological polar surface area (TPSA) is 267 Å². The number of methoxy groups -OCH3 is 1. The number of hydrogen-bond acceptors (Lipinski definition) is 18. The van der Waals surface area contributed by atoms with Crippen LogP contribution in [0.25, 0.3) is 0 Å². The van der Waals surface area contributed by atoms with E-state index in [4.69, 9.17) is 61.1 Å². The van der Waals surface area contributed by atoms with Gasteiger partial charge in [0.1, 0.15) is 41.1 Å². The molecule has 3 heterocycles. The van der Waals surface area contributed by atoms with Gasteiger partial charge < -0.3 is 73.6 Å². The Kier molecular flexibility index (Phi) is 22.8. The molecule has 1 saturated carbocycles. The minimum atomic E-state index is -1.57. The summed E-state index contributed by atoms with van der Waals surface area (Å²) in [6.07, 6.45) is -1.07. The highest BCUT2D eigenvalue weighted by Crippen LogP contribution is 2.45. The van der Waals surface area contributed by atoms with E-state index in [0.717, 1.165) is 19.3 Å². The summed E-state index contributed by atoms with van der Waals surface area (Å²) in [7, 11) is 1.27. The molecule has 4 aliphatic rings. The number of carbonyl (C=O) groups excluding carboxylic acids is 3. The van der Waals surface area contributed by atoms with Gasteiger partial charge >= 0.3 is 17.9 Å². The van der Waals surface area contributed by atoms with Crippen molar-refractivity contribution < 1.29 is 88.0 Å². The first-order valence-corrected chi connectivity index (χ1v) is 26.6. The van der Waals surface area contributed by atoms with Crippen LogP contribution in [0.5, 0.6) is 11.5 Å². The molecule has 75 heavy (non-hydrogen) atoms. The van der Waals surface area contributed by atoms with Gasteiger partial charge in [0.2, 0.25) is 0 Å².